The molecular weight excluding hydrogens is 340 g/mol. The van der Waals surface area contributed by atoms with Crippen LogP contribution in [-0.2, 0) is 4.74 Å². The van der Waals surface area contributed by atoms with Gasteiger partial charge in [-0.3, -0.25) is 5.10 Å². The number of fused-ring (bicyclic) bond motifs is 2. The molecule has 0 spiro atoms. The Morgan fingerprint density at radius 1 is 1.26 bits per heavy atom. The van der Waals surface area contributed by atoms with Gasteiger partial charge in [0.25, 0.3) is 0 Å². The molecule has 1 aliphatic rings. The first-order valence-corrected chi connectivity index (χ1v) is 9.47. The molecule has 1 saturated heterocycles. The maximum Gasteiger partial charge on any atom is 0.158 e. The summed E-state index contributed by atoms with van der Waals surface area (Å²) in [6.45, 7) is 4.70. The first kappa shape index (κ1) is 16.3. The zero-order valence-electron chi connectivity index (χ0n) is 15.3. The third-order valence-corrected chi connectivity index (χ3v) is 5.33. The third kappa shape index (κ3) is 2.75. The van der Waals surface area contributed by atoms with E-state index in [4.69, 9.17) is 9.72 Å². The van der Waals surface area contributed by atoms with Gasteiger partial charge in [-0.25, -0.2) is 9.50 Å². The molecule has 7 heteroatoms. The average molecular weight is 362 g/mol. The third-order valence-electron chi connectivity index (χ3n) is 5.33. The number of nitrogens with zero attached hydrogens (tertiary/aromatic N) is 5. The molecule has 1 N–H and O–H groups in total. The summed E-state index contributed by atoms with van der Waals surface area (Å²) in [6, 6.07) is 10.7. The van der Waals surface area contributed by atoms with Crippen LogP contribution in [0.1, 0.15) is 19.8 Å². The number of aromatic nitrogens is 5. The van der Waals surface area contributed by atoms with Gasteiger partial charge < -0.3 is 9.64 Å². The molecule has 4 aromatic rings. The number of nitrogens with one attached hydrogen (secondary N) is 1. The summed E-state index contributed by atoms with van der Waals surface area (Å²) >= 11 is 0. The lowest BCUT2D eigenvalue weighted by molar-refractivity contribution is 0.0845. The van der Waals surface area contributed by atoms with E-state index in [0.717, 1.165) is 66.2 Å². The Morgan fingerprint density at radius 3 is 3.00 bits per heavy atom. The second-order valence-corrected chi connectivity index (χ2v) is 6.88. The summed E-state index contributed by atoms with van der Waals surface area (Å²) in [5, 5.41) is 12.9. The number of hydrogen-bond acceptors (Lipinski definition) is 5. The van der Waals surface area contributed by atoms with Crippen LogP contribution >= 0.6 is 0 Å². The van der Waals surface area contributed by atoms with Crippen molar-refractivity contribution in [3.05, 3.63) is 42.7 Å². The fraction of sp³-hybridized carbons (Fsp3) is 0.350. The van der Waals surface area contributed by atoms with Gasteiger partial charge in [0, 0.05) is 42.9 Å². The predicted molar refractivity (Wildman–Crippen MR) is 105 cm³/mol. The summed E-state index contributed by atoms with van der Waals surface area (Å²) in [7, 11) is 0. The number of anilines is 1. The first-order valence-electron chi connectivity index (χ1n) is 9.47. The molecule has 0 atom stereocenters. The van der Waals surface area contributed by atoms with Crippen LogP contribution in [0.25, 0.3) is 27.8 Å². The maximum absolute atomic E-state index is 5.57. The number of imidazole rings is 1. The fourth-order valence-electron chi connectivity index (χ4n) is 3.99. The van der Waals surface area contributed by atoms with Crippen molar-refractivity contribution >= 4 is 22.4 Å². The summed E-state index contributed by atoms with van der Waals surface area (Å²) in [4.78, 5) is 7.37. The SMILES string of the molecule is CCN(c1nc2cccnn2c1-c1ccc2cn[nH]c2c1)C1CCOCC1. The number of ether oxygens (including phenoxy) is 1. The number of benzene rings is 1. The van der Waals surface area contributed by atoms with Gasteiger partial charge in [-0.1, -0.05) is 12.1 Å². The van der Waals surface area contributed by atoms with Crippen LogP contribution < -0.4 is 4.90 Å². The summed E-state index contributed by atoms with van der Waals surface area (Å²) in [6.07, 6.45) is 5.69. The highest BCUT2D eigenvalue weighted by molar-refractivity contribution is 5.86. The minimum absolute atomic E-state index is 0.434. The minimum Gasteiger partial charge on any atom is -0.381 e. The fourth-order valence-corrected chi connectivity index (χ4v) is 3.99. The number of aromatic amines is 1. The van der Waals surface area contributed by atoms with Gasteiger partial charge >= 0.3 is 0 Å². The smallest absolute Gasteiger partial charge is 0.158 e. The van der Waals surface area contributed by atoms with E-state index in [2.05, 4.69) is 45.3 Å². The van der Waals surface area contributed by atoms with E-state index in [0.29, 0.717) is 6.04 Å². The summed E-state index contributed by atoms with van der Waals surface area (Å²) < 4.78 is 7.51. The molecule has 3 aromatic heterocycles. The van der Waals surface area contributed by atoms with Crippen LogP contribution in [0.5, 0.6) is 0 Å². The Morgan fingerprint density at radius 2 is 2.15 bits per heavy atom. The van der Waals surface area contributed by atoms with Crippen LogP contribution in [0.2, 0.25) is 0 Å². The molecule has 4 heterocycles. The molecule has 1 aliphatic heterocycles. The highest BCUT2D eigenvalue weighted by Crippen LogP contribution is 2.34. The van der Waals surface area contributed by atoms with Gasteiger partial charge in [-0.2, -0.15) is 10.2 Å². The Kier molecular flexibility index (Phi) is 4.01. The maximum atomic E-state index is 5.57. The van der Waals surface area contributed by atoms with E-state index < -0.39 is 0 Å². The monoisotopic (exact) mass is 362 g/mol. The van der Waals surface area contributed by atoms with Crippen molar-refractivity contribution in [1.82, 2.24) is 24.8 Å². The lowest BCUT2D eigenvalue weighted by Crippen LogP contribution is -2.40. The molecule has 5 rings (SSSR count). The van der Waals surface area contributed by atoms with Crippen molar-refractivity contribution in [2.75, 3.05) is 24.7 Å². The number of H-pyrrole nitrogens is 1. The van der Waals surface area contributed by atoms with Gasteiger partial charge in [-0.15, -0.1) is 0 Å². The predicted octanol–water partition coefficient (Wildman–Crippen LogP) is 3.28. The van der Waals surface area contributed by atoms with E-state index in [1.807, 2.05) is 22.8 Å². The van der Waals surface area contributed by atoms with Crippen LogP contribution in [0, 0.1) is 0 Å². The highest BCUT2D eigenvalue weighted by Gasteiger charge is 2.27. The summed E-state index contributed by atoms with van der Waals surface area (Å²) in [5.74, 6) is 0.988. The molecular formula is C20H22N6O. The Bertz CT molecular complexity index is 1080. The standard InChI is InChI=1S/C20H22N6O/c1-2-25(16-7-10-27-11-8-16)20-19(26-18(23-20)4-3-9-22-26)14-5-6-15-13-21-24-17(15)12-14/h3-6,9,12-13,16H,2,7-8,10-11H2,1H3,(H,21,24). The largest absolute Gasteiger partial charge is 0.381 e. The highest BCUT2D eigenvalue weighted by atomic mass is 16.5. The molecule has 0 bridgehead atoms. The van der Waals surface area contributed by atoms with Crippen LogP contribution in [0.4, 0.5) is 5.82 Å². The topological polar surface area (TPSA) is 71.3 Å². The van der Waals surface area contributed by atoms with Gasteiger partial charge in [0.1, 0.15) is 5.69 Å². The van der Waals surface area contributed by atoms with Crippen molar-refractivity contribution in [2.24, 2.45) is 0 Å². The van der Waals surface area contributed by atoms with E-state index in [1.54, 1.807) is 6.20 Å². The van der Waals surface area contributed by atoms with Gasteiger partial charge in [-0.05, 0) is 38.0 Å². The quantitative estimate of drug-likeness (QED) is 0.603. The molecule has 0 aliphatic carbocycles. The van der Waals surface area contributed by atoms with E-state index in [1.165, 1.54) is 0 Å². The Labute approximate surface area is 157 Å². The Hall–Kier alpha value is -2.93. The van der Waals surface area contributed by atoms with Gasteiger partial charge in [0.05, 0.1) is 11.7 Å². The van der Waals surface area contributed by atoms with Gasteiger partial charge in [0.2, 0.25) is 0 Å². The van der Waals surface area contributed by atoms with E-state index in [-0.39, 0.29) is 0 Å². The molecule has 1 fully saturated rings. The molecule has 0 saturated carbocycles. The van der Waals surface area contributed by atoms with Crippen LogP contribution in [0.3, 0.4) is 0 Å². The van der Waals surface area contributed by atoms with Crippen molar-refractivity contribution in [3.8, 4) is 11.3 Å². The molecule has 138 valence electrons. The number of rotatable bonds is 4. The van der Waals surface area contributed by atoms with E-state index >= 15 is 0 Å². The molecule has 1 aromatic carbocycles. The second kappa shape index (κ2) is 6.66. The minimum atomic E-state index is 0.434. The molecule has 0 amide bonds. The van der Waals surface area contributed by atoms with Crippen molar-refractivity contribution in [1.29, 1.82) is 0 Å². The first-order chi connectivity index (χ1) is 13.3. The Balaban J connectivity index is 1.70. The van der Waals surface area contributed by atoms with Crippen molar-refractivity contribution in [3.63, 3.8) is 0 Å². The zero-order chi connectivity index (χ0) is 18.2. The lowest BCUT2D eigenvalue weighted by Gasteiger charge is -2.34. The molecule has 0 radical (unpaired) electrons. The molecule has 0 unspecified atom stereocenters. The second-order valence-electron chi connectivity index (χ2n) is 6.88. The van der Waals surface area contributed by atoms with Crippen molar-refractivity contribution < 1.29 is 4.74 Å². The summed E-state index contributed by atoms with van der Waals surface area (Å²) in [5.41, 5.74) is 3.98. The average Bonchev–Trinajstić information content (AvgIpc) is 3.33. The lowest BCUT2D eigenvalue weighted by atomic mass is 10.1. The normalized spacial score (nSPS) is 15.6. The van der Waals surface area contributed by atoms with Crippen LogP contribution in [-0.4, -0.2) is 50.6 Å². The molecule has 7 nitrogen and oxygen atoms in total. The number of hydrogen-bond donors (Lipinski definition) is 1. The van der Waals surface area contributed by atoms with Crippen molar-refractivity contribution in [2.45, 2.75) is 25.8 Å². The van der Waals surface area contributed by atoms with Gasteiger partial charge in [0.15, 0.2) is 11.5 Å². The van der Waals surface area contributed by atoms with E-state index in [9.17, 15) is 0 Å². The molecule has 27 heavy (non-hydrogen) atoms. The van der Waals surface area contributed by atoms with Crippen LogP contribution in [0.15, 0.2) is 42.7 Å². The zero-order valence-corrected chi connectivity index (χ0v) is 15.3.